The molecule has 10 heteroatoms. The van der Waals surface area contributed by atoms with Crippen LogP contribution in [-0.2, 0) is 6.54 Å². The summed E-state index contributed by atoms with van der Waals surface area (Å²) < 4.78 is 44.6. The maximum Gasteiger partial charge on any atom is 0.446 e. The van der Waals surface area contributed by atoms with Crippen molar-refractivity contribution in [3.05, 3.63) is 64.8 Å². The maximum absolute atomic E-state index is 12.6. The number of benzene rings is 1. The molecule has 3 aromatic rings. The van der Waals surface area contributed by atoms with Gasteiger partial charge in [-0.15, -0.1) is 0 Å². The molecule has 1 N–H and O–H groups in total. The van der Waals surface area contributed by atoms with Crippen LogP contribution < -0.4 is 10.4 Å². The van der Waals surface area contributed by atoms with E-state index in [1.807, 2.05) is 0 Å². The van der Waals surface area contributed by atoms with Gasteiger partial charge in [-0.3, -0.25) is 4.57 Å². The Kier molecular flexibility index (Phi) is 5.17. The molecule has 6 nitrogen and oxygen atoms in total. The zero-order valence-electron chi connectivity index (χ0n) is 14.0. The van der Waals surface area contributed by atoms with E-state index in [1.54, 1.807) is 12.1 Å². The van der Waals surface area contributed by atoms with Crippen LogP contribution in [0, 0.1) is 0 Å². The van der Waals surface area contributed by atoms with Crippen molar-refractivity contribution in [2.45, 2.75) is 16.9 Å². The molecule has 0 aliphatic heterocycles. The number of nitrogens with zero attached hydrogens (tertiary/aromatic N) is 3. The summed E-state index contributed by atoms with van der Waals surface area (Å²) in [6.45, 7) is 0.167. The minimum atomic E-state index is -4.39. The molecule has 0 atom stereocenters. The molecular formula is C17H14F3N3O3S. The molecule has 0 aliphatic rings. The summed E-state index contributed by atoms with van der Waals surface area (Å²) in [6, 6.07) is 8.52. The first-order valence-electron chi connectivity index (χ1n) is 7.63. The van der Waals surface area contributed by atoms with Crippen LogP contribution in [0.3, 0.4) is 0 Å². The molecule has 0 radical (unpaired) electrons. The van der Waals surface area contributed by atoms with Gasteiger partial charge < -0.3 is 9.84 Å². The molecular weight excluding hydrogens is 383 g/mol. The van der Waals surface area contributed by atoms with Gasteiger partial charge in [0.2, 0.25) is 11.8 Å². The molecule has 0 saturated carbocycles. The smallest absolute Gasteiger partial charge is 0.446 e. The maximum atomic E-state index is 12.6. The monoisotopic (exact) mass is 397 g/mol. The average molecular weight is 397 g/mol. The minimum absolute atomic E-state index is 0.0119. The summed E-state index contributed by atoms with van der Waals surface area (Å²) in [7, 11) is 1.47. The van der Waals surface area contributed by atoms with E-state index in [0.29, 0.717) is 5.88 Å². The second-order valence-corrected chi connectivity index (χ2v) is 6.62. The lowest BCUT2D eigenvalue weighted by atomic mass is 10.2. The van der Waals surface area contributed by atoms with Gasteiger partial charge in [0.25, 0.3) is 0 Å². The molecule has 0 amide bonds. The fourth-order valence-corrected chi connectivity index (χ4v) is 3.03. The summed E-state index contributed by atoms with van der Waals surface area (Å²) in [5, 5.41) is 10.1. The molecule has 2 aromatic heterocycles. The normalized spacial score (nSPS) is 11.6. The number of alkyl halides is 3. The second kappa shape index (κ2) is 7.39. The highest BCUT2D eigenvalue weighted by Gasteiger charge is 2.29. The Morgan fingerprint density at radius 2 is 1.93 bits per heavy atom. The highest BCUT2D eigenvalue weighted by atomic mass is 32.2. The molecule has 0 bridgehead atoms. The lowest BCUT2D eigenvalue weighted by molar-refractivity contribution is -0.0328. The number of hydrogen-bond donors (Lipinski definition) is 1. The lowest BCUT2D eigenvalue weighted by Gasteiger charge is -2.07. The van der Waals surface area contributed by atoms with Crippen LogP contribution in [0.15, 0.2) is 58.5 Å². The molecule has 0 aliphatic carbocycles. The molecule has 2 heterocycles. The number of hydrogen-bond acceptors (Lipinski definition) is 5. The molecule has 0 fully saturated rings. The zero-order chi connectivity index (χ0) is 19.6. The van der Waals surface area contributed by atoms with E-state index in [9.17, 15) is 23.1 Å². The number of pyridine rings is 1. The van der Waals surface area contributed by atoms with Crippen LogP contribution in [0.5, 0.6) is 11.8 Å². The number of thioether (sulfide) groups is 1. The van der Waals surface area contributed by atoms with Crippen molar-refractivity contribution in [1.82, 2.24) is 14.1 Å². The lowest BCUT2D eigenvalue weighted by Crippen LogP contribution is -2.23. The first kappa shape index (κ1) is 18.9. The summed E-state index contributed by atoms with van der Waals surface area (Å²) in [5.74, 6) is 0.0687. The van der Waals surface area contributed by atoms with Crippen LogP contribution in [0.4, 0.5) is 13.2 Å². The number of methoxy groups -OCH3 is 1. The Hall–Kier alpha value is -2.88. The van der Waals surface area contributed by atoms with Crippen molar-refractivity contribution < 1.29 is 23.0 Å². The van der Waals surface area contributed by atoms with E-state index in [2.05, 4.69) is 4.98 Å². The van der Waals surface area contributed by atoms with Gasteiger partial charge in [-0.1, -0.05) is 0 Å². The molecule has 27 heavy (non-hydrogen) atoms. The van der Waals surface area contributed by atoms with Gasteiger partial charge >= 0.3 is 11.2 Å². The fourth-order valence-electron chi connectivity index (χ4n) is 2.49. The zero-order valence-corrected chi connectivity index (χ0v) is 14.8. The van der Waals surface area contributed by atoms with Crippen LogP contribution >= 0.6 is 11.8 Å². The van der Waals surface area contributed by atoms with Gasteiger partial charge in [0.15, 0.2) is 0 Å². The third-order valence-electron chi connectivity index (χ3n) is 3.63. The number of imidazole rings is 1. The number of ether oxygens (including phenoxy) is 1. The fraction of sp³-hybridized carbons (Fsp3) is 0.176. The number of rotatable bonds is 5. The van der Waals surface area contributed by atoms with Crippen LogP contribution in [0.25, 0.3) is 5.69 Å². The Labute approximate surface area is 155 Å². The Morgan fingerprint density at radius 3 is 2.56 bits per heavy atom. The Balaban J connectivity index is 1.88. The summed E-state index contributed by atoms with van der Waals surface area (Å²) in [6.07, 6.45) is 2.79. The van der Waals surface area contributed by atoms with E-state index in [-0.39, 0.29) is 34.8 Å². The summed E-state index contributed by atoms with van der Waals surface area (Å²) in [4.78, 5) is 16.6. The largest absolute Gasteiger partial charge is 0.493 e. The molecule has 0 spiro atoms. The molecule has 1 aromatic carbocycles. The Bertz CT molecular complexity index is 997. The van der Waals surface area contributed by atoms with Crippen molar-refractivity contribution in [2.24, 2.45) is 0 Å². The first-order valence-corrected chi connectivity index (χ1v) is 8.45. The van der Waals surface area contributed by atoms with Gasteiger partial charge in [-0.25, -0.2) is 14.3 Å². The van der Waals surface area contributed by atoms with Crippen molar-refractivity contribution in [3.8, 4) is 17.4 Å². The third kappa shape index (κ3) is 4.45. The van der Waals surface area contributed by atoms with Crippen LogP contribution in [0.1, 0.15) is 5.56 Å². The van der Waals surface area contributed by atoms with Gasteiger partial charge in [0.1, 0.15) is 0 Å². The van der Waals surface area contributed by atoms with Crippen molar-refractivity contribution >= 4 is 11.8 Å². The van der Waals surface area contributed by atoms with E-state index in [4.69, 9.17) is 4.74 Å². The van der Waals surface area contributed by atoms with Crippen LogP contribution in [-0.4, -0.2) is 31.8 Å². The van der Waals surface area contributed by atoms with Gasteiger partial charge in [-0.05, 0) is 47.7 Å². The highest BCUT2D eigenvalue weighted by Crippen LogP contribution is 2.37. The van der Waals surface area contributed by atoms with Gasteiger partial charge in [0.05, 0.1) is 25.5 Å². The molecule has 3 rings (SSSR count). The average Bonchev–Trinajstić information content (AvgIpc) is 2.88. The second-order valence-electron chi connectivity index (χ2n) is 5.48. The topological polar surface area (TPSA) is 69.3 Å². The number of aromatic hydroxyl groups is 1. The van der Waals surface area contributed by atoms with E-state index < -0.39 is 11.2 Å². The van der Waals surface area contributed by atoms with Crippen molar-refractivity contribution in [2.75, 3.05) is 7.11 Å². The predicted molar refractivity (Wildman–Crippen MR) is 93.5 cm³/mol. The molecule has 142 valence electrons. The molecule has 0 unspecified atom stereocenters. The third-order valence-corrected chi connectivity index (χ3v) is 4.37. The summed E-state index contributed by atoms with van der Waals surface area (Å²) in [5.41, 5.74) is -3.93. The number of aromatic nitrogens is 3. The van der Waals surface area contributed by atoms with Gasteiger partial charge in [0, 0.05) is 17.2 Å². The van der Waals surface area contributed by atoms with E-state index >= 15 is 0 Å². The summed E-state index contributed by atoms with van der Waals surface area (Å²) >= 11 is -0.249. The van der Waals surface area contributed by atoms with Crippen molar-refractivity contribution in [1.29, 1.82) is 0 Å². The van der Waals surface area contributed by atoms with Crippen LogP contribution in [0.2, 0.25) is 0 Å². The highest BCUT2D eigenvalue weighted by molar-refractivity contribution is 8.00. The molecule has 0 saturated heterocycles. The van der Waals surface area contributed by atoms with Crippen molar-refractivity contribution in [3.63, 3.8) is 0 Å². The predicted octanol–water partition coefficient (Wildman–Crippen LogP) is 3.41. The van der Waals surface area contributed by atoms with Gasteiger partial charge in [-0.2, -0.15) is 13.2 Å². The standard InChI is InChI=1S/C17H14F3N3O3S/c1-26-14-8-11(6-7-21-14)9-22-10-15(24)23(16(22)25)12-2-4-13(5-3-12)27-17(18,19)20/h2-8,10,24H,9H2,1H3. The SMILES string of the molecule is COc1cc(Cn2cc(O)n(-c3ccc(SC(F)(F)F)cc3)c2=O)ccn1. The van der Waals surface area contributed by atoms with E-state index in [1.165, 1.54) is 48.3 Å². The van der Waals surface area contributed by atoms with E-state index in [0.717, 1.165) is 10.1 Å². The quantitative estimate of drug-likeness (QED) is 0.669. The number of halogens is 3. The Morgan fingerprint density at radius 1 is 1.22 bits per heavy atom. The minimum Gasteiger partial charge on any atom is -0.493 e. The first-order chi connectivity index (χ1) is 12.8.